The van der Waals surface area contributed by atoms with Crippen LogP contribution in [0.25, 0.3) is 12.2 Å². The quantitative estimate of drug-likeness (QED) is 0.116. The fourth-order valence-electron chi connectivity index (χ4n) is 2.94. The zero-order valence-corrected chi connectivity index (χ0v) is 25.0. The van der Waals surface area contributed by atoms with Gasteiger partial charge in [-0.05, 0) is 81.3 Å². The van der Waals surface area contributed by atoms with Crippen molar-refractivity contribution in [2.75, 3.05) is 18.1 Å². The third kappa shape index (κ3) is 17.8. The van der Waals surface area contributed by atoms with Crippen LogP contribution in [-0.2, 0) is 11.2 Å². The van der Waals surface area contributed by atoms with Crippen LogP contribution in [0.1, 0.15) is 49.9 Å². The summed E-state index contributed by atoms with van der Waals surface area (Å²) in [6.07, 6.45) is 17.6. The van der Waals surface area contributed by atoms with E-state index in [1.165, 1.54) is 23.7 Å². The van der Waals surface area contributed by atoms with E-state index in [9.17, 15) is 0 Å². The van der Waals surface area contributed by atoms with Crippen LogP contribution in [0.4, 0.5) is 11.4 Å². The first kappa shape index (κ1) is 35.4. The van der Waals surface area contributed by atoms with Crippen molar-refractivity contribution < 1.29 is 4.79 Å². The van der Waals surface area contributed by atoms with Crippen LogP contribution in [0, 0.1) is 6.92 Å². The molecule has 3 rings (SSSR count). The van der Waals surface area contributed by atoms with Crippen molar-refractivity contribution in [3.8, 4) is 0 Å². The number of benzene rings is 3. The molecule has 0 heterocycles. The van der Waals surface area contributed by atoms with Crippen LogP contribution in [0.3, 0.4) is 0 Å². The Morgan fingerprint density at radius 3 is 2.05 bits per heavy atom. The van der Waals surface area contributed by atoms with Crippen molar-refractivity contribution in [2.45, 2.75) is 41.0 Å². The number of nitrogen functional groups attached to an aromatic ring is 1. The van der Waals surface area contributed by atoms with Gasteiger partial charge in [-0.15, -0.1) is 0 Å². The molecule has 4 heteroatoms. The van der Waals surface area contributed by atoms with Crippen molar-refractivity contribution in [1.29, 1.82) is 0 Å². The van der Waals surface area contributed by atoms with Gasteiger partial charge in [0.25, 0.3) is 0 Å². The lowest BCUT2D eigenvalue weighted by molar-refractivity contribution is -0.106. The molecule has 4 N–H and O–H groups in total. The number of rotatable bonds is 8. The van der Waals surface area contributed by atoms with Gasteiger partial charge in [0.1, 0.15) is 6.29 Å². The highest BCUT2D eigenvalue weighted by atomic mass is 16.1. The average molecular weight is 538 g/mol. The number of nitrogens with two attached hydrogens (primary N) is 1. The molecule has 3 aromatic rings. The number of hydrogen-bond acceptors (Lipinski definition) is 4. The van der Waals surface area contributed by atoms with Gasteiger partial charge >= 0.3 is 0 Å². The van der Waals surface area contributed by atoms with Crippen LogP contribution in [0.5, 0.6) is 0 Å². The van der Waals surface area contributed by atoms with Gasteiger partial charge in [0.05, 0.1) is 0 Å². The molecule has 0 saturated carbocycles. The molecule has 0 amide bonds. The minimum absolute atomic E-state index is 0.750. The molecule has 0 spiro atoms. The van der Waals surface area contributed by atoms with Crippen LogP contribution in [0.15, 0.2) is 122 Å². The summed E-state index contributed by atoms with van der Waals surface area (Å²) in [5.74, 6) is 0. The fourth-order valence-corrected chi connectivity index (χ4v) is 2.94. The molecule has 0 aliphatic heterocycles. The third-order valence-corrected chi connectivity index (χ3v) is 5.31. The lowest BCUT2D eigenvalue weighted by atomic mass is 10.1. The second-order valence-corrected chi connectivity index (χ2v) is 8.52. The molecule has 0 unspecified atom stereocenters. The number of carbonyl (C=O) groups excluding carboxylic acids is 1. The van der Waals surface area contributed by atoms with Crippen LogP contribution < -0.4 is 16.4 Å². The maximum atomic E-state index is 8.81. The van der Waals surface area contributed by atoms with Gasteiger partial charge < -0.3 is 21.2 Å². The number of allylic oxidation sites excluding steroid dienone is 6. The molecule has 0 aliphatic carbocycles. The second kappa shape index (κ2) is 23.5. The van der Waals surface area contributed by atoms with E-state index in [2.05, 4.69) is 55.3 Å². The van der Waals surface area contributed by atoms with Crippen molar-refractivity contribution >= 4 is 29.8 Å². The predicted molar refractivity (Wildman–Crippen MR) is 179 cm³/mol. The molecule has 3 aromatic carbocycles. The Balaban J connectivity index is 0.000000588. The SMILES string of the molecule is C=CNc1ccc(/C=C/c2ccccc2N)cc1.CC=O.CCc1ccc(C)cc1.C\C=C/C=C\C=C(/C)NC. The van der Waals surface area contributed by atoms with Gasteiger partial charge in [0.15, 0.2) is 0 Å². The molecule has 0 atom stereocenters. The van der Waals surface area contributed by atoms with Crippen molar-refractivity contribution in [3.63, 3.8) is 0 Å². The zero-order chi connectivity index (χ0) is 30.0. The van der Waals surface area contributed by atoms with Crippen molar-refractivity contribution in [2.24, 2.45) is 0 Å². The lowest BCUT2D eigenvalue weighted by Crippen LogP contribution is -2.00. The summed E-state index contributed by atoms with van der Waals surface area (Å²) in [5, 5.41) is 6.07. The van der Waals surface area contributed by atoms with E-state index in [1.54, 1.807) is 6.20 Å². The van der Waals surface area contributed by atoms with E-state index < -0.39 is 0 Å². The number of hydrogen-bond donors (Lipinski definition) is 3. The van der Waals surface area contributed by atoms with Gasteiger partial charge in [-0.25, -0.2) is 0 Å². The number of nitrogens with one attached hydrogen (secondary N) is 2. The Kier molecular flexibility index (Phi) is 20.9. The first-order valence-corrected chi connectivity index (χ1v) is 13.4. The summed E-state index contributed by atoms with van der Waals surface area (Å²) in [6.45, 7) is 13.4. The minimum Gasteiger partial charge on any atom is -0.398 e. The molecule has 0 aromatic heterocycles. The maximum absolute atomic E-state index is 8.81. The van der Waals surface area contributed by atoms with E-state index in [4.69, 9.17) is 10.5 Å². The van der Waals surface area contributed by atoms with E-state index in [0.29, 0.717) is 0 Å². The van der Waals surface area contributed by atoms with E-state index in [-0.39, 0.29) is 0 Å². The molecular weight excluding hydrogens is 490 g/mol. The van der Waals surface area contributed by atoms with E-state index in [0.717, 1.165) is 35.2 Å². The van der Waals surface area contributed by atoms with Crippen LogP contribution in [0.2, 0.25) is 0 Å². The standard InChI is InChI=1S/C16H16N2.C9H15N.C9H12.C2H4O/c1-2-18-15-11-8-13(9-12-15)7-10-14-5-3-4-6-16(14)17;1-4-5-6-7-8-9(2)10-3;1-3-9-6-4-8(2)5-7-9;1-2-3/h2-12,18H,1,17H2;4-8,10H,1-3H3;4-7H,3H2,1-2H3;2H,1H3/b10-7+;5-4-,7-6-,9-8+;;. The highest BCUT2D eigenvalue weighted by Gasteiger charge is 1.93. The van der Waals surface area contributed by atoms with Crippen LogP contribution in [-0.4, -0.2) is 13.3 Å². The van der Waals surface area contributed by atoms with Gasteiger partial charge in [-0.3, -0.25) is 0 Å². The topological polar surface area (TPSA) is 67.1 Å². The number of para-hydroxylation sites is 1. The molecule has 0 fully saturated rings. The zero-order valence-electron chi connectivity index (χ0n) is 25.0. The highest BCUT2D eigenvalue weighted by Crippen LogP contribution is 2.16. The molecule has 40 heavy (non-hydrogen) atoms. The van der Waals surface area contributed by atoms with Gasteiger partial charge in [-0.1, -0.05) is 110 Å². The normalized spacial score (nSPS) is 10.5. The molecular formula is C36H47N3O. The smallest absolute Gasteiger partial charge is 0.116 e. The Labute approximate surface area is 242 Å². The van der Waals surface area contributed by atoms with Gasteiger partial charge in [-0.2, -0.15) is 0 Å². The molecule has 0 radical (unpaired) electrons. The van der Waals surface area contributed by atoms with Crippen LogP contribution >= 0.6 is 0 Å². The Bertz CT molecular complexity index is 1200. The molecule has 0 saturated heterocycles. The van der Waals surface area contributed by atoms with E-state index >= 15 is 0 Å². The summed E-state index contributed by atoms with van der Waals surface area (Å²) in [6, 6.07) is 24.6. The summed E-state index contributed by atoms with van der Waals surface area (Å²) in [4.78, 5) is 8.81. The van der Waals surface area contributed by atoms with Crippen molar-refractivity contribution in [1.82, 2.24) is 5.32 Å². The number of aryl methyl sites for hydroxylation is 2. The summed E-state index contributed by atoms with van der Waals surface area (Å²) in [5.41, 5.74) is 13.8. The summed E-state index contributed by atoms with van der Waals surface area (Å²) >= 11 is 0. The van der Waals surface area contributed by atoms with Gasteiger partial charge in [0, 0.05) is 24.1 Å². The minimum atomic E-state index is 0.750. The Morgan fingerprint density at radius 2 is 1.52 bits per heavy atom. The maximum Gasteiger partial charge on any atom is 0.116 e. The number of carbonyl (C=O) groups is 1. The monoisotopic (exact) mass is 537 g/mol. The number of aldehydes is 1. The number of anilines is 2. The molecule has 0 bridgehead atoms. The van der Waals surface area contributed by atoms with E-state index in [1.807, 2.05) is 112 Å². The second-order valence-electron chi connectivity index (χ2n) is 8.52. The fraction of sp³-hybridized carbons (Fsp3) is 0.194. The van der Waals surface area contributed by atoms with Crippen molar-refractivity contribution in [3.05, 3.63) is 144 Å². The average Bonchev–Trinajstić information content (AvgIpc) is 2.97. The Hall–Kier alpha value is -4.57. The Morgan fingerprint density at radius 1 is 0.900 bits per heavy atom. The first-order valence-electron chi connectivity index (χ1n) is 13.4. The largest absolute Gasteiger partial charge is 0.398 e. The van der Waals surface area contributed by atoms with Gasteiger partial charge in [0.2, 0.25) is 0 Å². The molecule has 4 nitrogen and oxygen atoms in total. The third-order valence-electron chi connectivity index (χ3n) is 5.31. The molecule has 212 valence electrons. The molecule has 0 aliphatic rings. The summed E-state index contributed by atoms with van der Waals surface area (Å²) < 4.78 is 0. The lowest BCUT2D eigenvalue weighted by Gasteiger charge is -2.01. The summed E-state index contributed by atoms with van der Waals surface area (Å²) in [7, 11) is 1.91. The highest BCUT2D eigenvalue weighted by molar-refractivity contribution is 5.76. The first-order chi connectivity index (χ1) is 19.3. The predicted octanol–water partition coefficient (Wildman–Crippen LogP) is 9.00.